The highest BCUT2D eigenvalue weighted by Gasteiger charge is 2.67. The Balaban J connectivity index is 1.73. The van der Waals surface area contributed by atoms with E-state index < -0.39 is 5.60 Å². The first kappa shape index (κ1) is 16.1. The lowest BCUT2D eigenvalue weighted by Crippen LogP contribution is -2.58. The summed E-state index contributed by atoms with van der Waals surface area (Å²) in [5.41, 5.74) is -0.612. The standard InChI is InChI=1S/C20H32O3/c1-17(2)14-6-9-19-10-13(20(23,11-19)12-21)4-5-15(19)18(14,3)8-7-16(17)22/h13-15,21,23H,4-12H2,1-3H3/t13?,14?,15-,18+,19-,20+/m0/s1. The third-order valence-electron chi connectivity index (χ3n) is 8.89. The fourth-order valence-corrected chi connectivity index (χ4v) is 7.83. The molecule has 0 aromatic rings. The zero-order chi connectivity index (χ0) is 16.7. The van der Waals surface area contributed by atoms with Gasteiger partial charge in [0.15, 0.2) is 0 Å². The van der Waals surface area contributed by atoms with Crippen molar-refractivity contribution in [2.75, 3.05) is 6.61 Å². The summed E-state index contributed by atoms with van der Waals surface area (Å²) in [5.74, 6) is 1.81. The Morgan fingerprint density at radius 2 is 1.83 bits per heavy atom. The van der Waals surface area contributed by atoms with Crippen molar-refractivity contribution in [3.8, 4) is 0 Å². The highest BCUT2D eigenvalue weighted by Crippen LogP contribution is 2.72. The predicted molar refractivity (Wildman–Crippen MR) is 88.8 cm³/mol. The Kier molecular flexibility index (Phi) is 3.22. The molecule has 0 aromatic heterocycles. The van der Waals surface area contributed by atoms with Crippen LogP contribution in [0.4, 0.5) is 0 Å². The van der Waals surface area contributed by atoms with Crippen molar-refractivity contribution in [2.24, 2.45) is 34.0 Å². The smallest absolute Gasteiger partial charge is 0.138 e. The second-order valence-electron chi connectivity index (χ2n) is 10.1. The van der Waals surface area contributed by atoms with Crippen molar-refractivity contribution in [2.45, 2.75) is 77.7 Å². The van der Waals surface area contributed by atoms with E-state index in [0.29, 0.717) is 17.6 Å². The molecule has 0 saturated heterocycles. The summed E-state index contributed by atoms with van der Waals surface area (Å²) in [6.07, 6.45) is 8.07. The van der Waals surface area contributed by atoms with Gasteiger partial charge in [-0.05, 0) is 73.5 Å². The molecule has 0 heterocycles. The van der Waals surface area contributed by atoms with Crippen LogP contribution in [0.15, 0.2) is 0 Å². The zero-order valence-corrected chi connectivity index (χ0v) is 14.9. The first-order chi connectivity index (χ1) is 10.7. The zero-order valence-electron chi connectivity index (χ0n) is 14.9. The summed E-state index contributed by atoms with van der Waals surface area (Å²) in [6, 6.07) is 0. The monoisotopic (exact) mass is 320 g/mol. The van der Waals surface area contributed by atoms with Crippen molar-refractivity contribution in [1.29, 1.82) is 0 Å². The fourth-order valence-electron chi connectivity index (χ4n) is 7.83. The number of aliphatic hydroxyl groups is 2. The van der Waals surface area contributed by atoms with Gasteiger partial charge in [0.1, 0.15) is 5.78 Å². The van der Waals surface area contributed by atoms with Crippen molar-refractivity contribution in [1.82, 2.24) is 0 Å². The second-order valence-corrected chi connectivity index (χ2v) is 10.1. The number of hydrogen-bond donors (Lipinski definition) is 2. The molecule has 4 rings (SSSR count). The summed E-state index contributed by atoms with van der Waals surface area (Å²) >= 11 is 0. The van der Waals surface area contributed by atoms with Gasteiger partial charge in [0.25, 0.3) is 0 Å². The Morgan fingerprint density at radius 1 is 1.09 bits per heavy atom. The fraction of sp³-hybridized carbons (Fsp3) is 0.950. The number of carbonyl (C=O) groups is 1. The molecule has 130 valence electrons. The van der Waals surface area contributed by atoms with Crippen LogP contribution >= 0.6 is 0 Å². The minimum atomic E-state index is -0.849. The second kappa shape index (κ2) is 4.60. The largest absolute Gasteiger partial charge is 0.393 e. The molecular formula is C20H32O3. The van der Waals surface area contributed by atoms with Crippen LogP contribution < -0.4 is 0 Å². The maximum Gasteiger partial charge on any atom is 0.138 e. The van der Waals surface area contributed by atoms with E-state index in [-0.39, 0.29) is 28.8 Å². The van der Waals surface area contributed by atoms with Gasteiger partial charge in [0.05, 0.1) is 12.2 Å². The van der Waals surface area contributed by atoms with Crippen LogP contribution in [0.3, 0.4) is 0 Å². The van der Waals surface area contributed by atoms with Crippen molar-refractivity contribution >= 4 is 5.78 Å². The van der Waals surface area contributed by atoms with E-state index in [1.807, 2.05) is 0 Å². The van der Waals surface area contributed by atoms with E-state index in [2.05, 4.69) is 20.8 Å². The van der Waals surface area contributed by atoms with E-state index in [1.54, 1.807) is 0 Å². The van der Waals surface area contributed by atoms with E-state index in [9.17, 15) is 15.0 Å². The molecule has 0 aromatic carbocycles. The minimum Gasteiger partial charge on any atom is -0.393 e. The first-order valence-electron chi connectivity index (χ1n) is 9.55. The molecule has 4 aliphatic rings. The molecule has 0 radical (unpaired) electrons. The molecule has 4 saturated carbocycles. The number of ketones is 1. The molecule has 2 N–H and O–H groups in total. The number of fused-ring (bicyclic) bond motifs is 3. The maximum atomic E-state index is 12.5. The topological polar surface area (TPSA) is 57.5 Å². The Bertz CT molecular complexity index is 541. The molecule has 1 spiro atoms. The molecule has 4 fully saturated rings. The van der Waals surface area contributed by atoms with Crippen molar-refractivity contribution < 1.29 is 15.0 Å². The maximum absolute atomic E-state index is 12.5. The van der Waals surface area contributed by atoms with Crippen LogP contribution in [-0.2, 0) is 4.79 Å². The summed E-state index contributed by atoms with van der Waals surface area (Å²) in [5, 5.41) is 20.7. The lowest BCUT2D eigenvalue weighted by molar-refractivity contribution is -0.165. The average Bonchev–Trinajstić information content (AvgIpc) is 2.70. The molecule has 6 atom stereocenters. The van der Waals surface area contributed by atoms with Gasteiger partial charge in [-0.25, -0.2) is 0 Å². The lowest BCUT2D eigenvalue weighted by atomic mass is 9.41. The van der Waals surface area contributed by atoms with Gasteiger partial charge >= 0.3 is 0 Å². The molecule has 2 bridgehead atoms. The van der Waals surface area contributed by atoms with Crippen LogP contribution in [0.2, 0.25) is 0 Å². The molecule has 23 heavy (non-hydrogen) atoms. The number of aliphatic hydroxyl groups excluding tert-OH is 1. The summed E-state index contributed by atoms with van der Waals surface area (Å²) in [6.45, 7) is 6.68. The average molecular weight is 320 g/mol. The quantitative estimate of drug-likeness (QED) is 0.779. The molecule has 2 unspecified atom stereocenters. The number of hydrogen-bond acceptors (Lipinski definition) is 3. The SMILES string of the molecule is CC1(C)C(=O)CC[C@]2(C)C1CC[C@@]13CC(CC[C@H]12)[C@](O)(CO)C3. The highest BCUT2D eigenvalue weighted by atomic mass is 16.3. The van der Waals surface area contributed by atoms with Crippen molar-refractivity contribution in [3.05, 3.63) is 0 Å². The Morgan fingerprint density at radius 3 is 2.52 bits per heavy atom. The Labute approximate surface area is 139 Å². The van der Waals surface area contributed by atoms with Crippen LogP contribution in [0, 0.1) is 34.0 Å². The van der Waals surface area contributed by atoms with E-state index >= 15 is 0 Å². The number of carbonyl (C=O) groups excluding carboxylic acids is 1. The molecule has 3 heteroatoms. The first-order valence-corrected chi connectivity index (χ1v) is 9.55. The van der Waals surface area contributed by atoms with Gasteiger partial charge in [-0.15, -0.1) is 0 Å². The molecule has 3 nitrogen and oxygen atoms in total. The van der Waals surface area contributed by atoms with Crippen LogP contribution in [0.1, 0.15) is 72.1 Å². The van der Waals surface area contributed by atoms with E-state index in [4.69, 9.17) is 0 Å². The van der Waals surface area contributed by atoms with Gasteiger partial charge < -0.3 is 10.2 Å². The van der Waals surface area contributed by atoms with E-state index in [1.165, 1.54) is 6.42 Å². The highest BCUT2D eigenvalue weighted by molar-refractivity contribution is 5.85. The summed E-state index contributed by atoms with van der Waals surface area (Å²) in [7, 11) is 0. The van der Waals surface area contributed by atoms with Crippen molar-refractivity contribution in [3.63, 3.8) is 0 Å². The minimum absolute atomic E-state index is 0.0870. The molecule has 0 amide bonds. The van der Waals surface area contributed by atoms with Gasteiger partial charge in [-0.2, -0.15) is 0 Å². The number of rotatable bonds is 1. The molecule has 4 aliphatic carbocycles. The third kappa shape index (κ3) is 1.87. The predicted octanol–water partition coefficient (Wildman–Crippen LogP) is 3.32. The summed E-state index contributed by atoms with van der Waals surface area (Å²) < 4.78 is 0. The Hall–Kier alpha value is -0.410. The van der Waals surface area contributed by atoms with Crippen LogP contribution in [0.5, 0.6) is 0 Å². The summed E-state index contributed by atoms with van der Waals surface area (Å²) in [4.78, 5) is 12.5. The third-order valence-corrected chi connectivity index (χ3v) is 8.89. The van der Waals surface area contributed by atoms with Gasteiger partial charge in [0.2, 0.25) is 0 Å². The van der Waals surface area contributed by atoms with Gasteiger partial charge in [-0.1, -0.05) is 20.8 Å². The number of Topliss-reactive ketones (excluding diaryl/α,β-unsaturated/α-hetero) is 1. The van der Waals surface area contributed by atoms with Gasteiger partial charge in [-0.3, -0.25) is 4.79 Å². The molecular weight excluding hydrogens is 288 g/mol. The lowest BCUT2D eigenvalue weighted by Gasteiger charge is -2.63. The molecule has 0 aliphatic heterocycles. The van der Waals surface area contributed by atoms with Crippen LogP contribution in [-0.4, -0.2) is 28.2 Å². The van der Waals surface area contributed by atoms with E-state index in [0.717, 1.165) is 44.9 Å². The normalized spacial score (nSPS) is 54.5. The van der Waals surface area contributed by atoms with Crippen LogP contribution in [0.25, 0.3) is 0 Å². The van der Waals surface area contributed by atoms with Gasteiger partial charge in [0, 0.05) is 11.8 Å².